The van der Waals surface area contributed by atoms with Crippen molar-refractivity contribution < 1.29 is 45.4 Å². The predicted octanol–water partition coefficient (Wildman–Crippen LogP) is 4.60. The van der Waals surface area contributed by atoms with Crippen LogP contribution in [0, 0.1) is 6.92 Å². The molecule has 3 N–H and O–H groups in total. The summed E-state index contributed by atoms with van der Waals surface area (Å²) in [5, 5.41) is 18.0. The summed E-state index contributed by atoms with van der Waals surface area (Å²) in [7, 11) is 0. The van der Waals surface area contributed by atoms with Crippen LogP contribution in [-0.2, 0) is 0 Å². The zero-order valence-corrected chi connectivity index (χ0v) is 20.5. The molecule has 0 saturated heterocycles. The number of hydrogen-bond donors (Lipinski definition) is 3. The lowest BCUT2D eigenvalue weighted by atomic mass is 10.0. The molecule has 2 heterocycles. The molecule has 0 spiro atoms. The van der Waals surface area contributed by atoms with Gasteiger partial charge >= 0.3 is 18.0 Å². The second kappa shape index (κ2) is 10.5. The molecule has 3 aromatic rings. The number of aromatic nitrogens is 3. The van der Waals surface area contributed by atoms with Gasteiger partial charge in [-0.25, -0.2) is 9.50 Å². The summed E-state index contributed by atoms with van der Waals surface area (Å²) in [5.41, 5.74) is 1.70. The van der Waals surface area contributed by atoms with E-state index in [-0.39, 0.29) is 29.0 Å². The van der Waals surface area contributed by atoms with Gasteiger partial charge in [0.25, 0.3) is 5.91 Å². The summed E-state index contributed by atoms with van der Waals surface area (Å²) >= 11 is 0. The molecule has 0 unspecified atom stereocenters. The maximum Gasteiger partial charge on any atom is 0.390 e. The van der Waals surface area contributed by atoms with Crippen LogP contribution < -0.4 is 15.4 Å². The number of benzene rings is 1. The van der Waals surface area contributed by atoms with Gasteiger partial charge in [-0.3, -0.25) is 4.79 Å². The standard InChI is InChI=1S/C24H24F7N5O3/c1-13-8-14(2-5-16(13)21(38)34-15-3-4-15)18-10-33-20-17(32-7-6-24(29,30)31)9-19(35-36(18)20)39-12-23(27,28)22(25,26)11-37/h2,5,8-10,15,32,37H,3-4,6-7,11-12H2,1H3,(H,34,38). The molecule has 8 nitrogen and oxygen atoms in total. The van der Waals surface area contributed by atoms with Gasteiger partial charge in [-0.15, -0.1) is 5.10 Å². The lowest BCUT2D eigenvalue weighted by Crippen LogP contribution is -2.47. The highest BCUT2D eigenvalue weighted by molar-refractivity contribution is 5.96. The number of nitrogens with zero attached hydrogens (tertiary/aromatic N) is 3. The largest absolute Gasteiger partial charge is 0.470 e. The number of aliphatic hydroxyl groups is 1. The number of ether oxygens (including phenoxy) is 1. The second-order valence-electron chi connectivity index (χ2n) is 9.20. The third-order valence-corrected chi connectivity index (χ3v) is 5.98. The zero-order valence-electron chi connectivity index (χ0n) is 20.5. The molecular formula is C24H24F7N5O3. The fourth-order valence-corrected chi connectivity index (χ4v) is 3.64. The molecule has 0 bridgehead atoms. The smallest absolute Gasteiger partial charge is 0.390 e. The number of rotatable bonds is 11. The van der Waals surface area contributed by atoms with E-state index in [2.05, 4.69) is 20.7 Å². The van der Waals surface area contributed by atoms with Crippen molar-refractivity contribution >= 4 is 17.2 Å². The fraction of sp³-hybridized carbons (Fsp3) is 0.458. The number of amides is 1. The maximum absolute atomic E-state index is 13.9. The van der Waals surface area contributed by atoms with Gasteiger partial charge in [0.1, 0.15) is 6.61 Å². The highest BCUT2D eigenvalue weighted by atomic mass is 19.4. The van der Waals surface area contributed by atoms with Crippen LogP contribution in [0.3, 0.4) is 0 Å². The SMILES string of the molecule is Cc1cc(-c2cnc3c(NCCC(F)(F)F)cc(OCC(F)(F)C(F)(F)CO)nn23)ccc1C(=O)NC1CC1. The minimum Gasteiger partial charge on any atom is -0.470 e. The van der Waals surface area contributed by atoms with Crippen molar-refractivity contribution in [3.63, 3.8) is 0 Å². The minimum atomic E-state index is -4.78. The van der Waals surface area contributed by atoms with Crippen LogP contribution in [0.25, 0.3) is 16.9 Å². The van der Waals surface area contributed by atoms with Crippen LogP contribution in [0.15, 0.2) is 30.5 Å². The molecule has 1 fully saturated rings. The normalized spacial score (nSPS) is 14.5. The number of nitrogens with one attached hydrogen (secondary N) is 2. The third-order valence-electron chi connectivity index (χ3n) is 5.98. The Kier molecular flexibility index (Phi) is 7.65. The molecule has 0 atom stereocenters. The number of carbonyl (C=O) groups excluding carboxylic acids is 1. The van der Waals surface area contributed by atoms with E-state index in [4.69, 9.17) is 9.84 Å². The van der Waals surface area contributed by atoms with Crippen molar-refractivity contribution in [2.75, 3.05) is 25.1 Å². The van der Waals surface area contributed by atoms with Crippen molar-refractivity contribution in [1.29, 1.82) is 0 Å². The highest BCUT2D eigenvalue weighted by Crippen LogP contribution is 2.35. The highest BCUT2D eigenvalue weighted by Gasteiger charge is 2.56. The van der Waals surface area contributed by atoms with Crippen molar-refractivity contribution in [2.45, 2.75) is 50.2 Å². The van der Waals surface area contributed by atoms with E-state index in [1.807, 2.05) is 0 Å². The second-order valence-corrected chi connectivity index (χ2v) is 9.20. The summed E-state index contributed by atoms with van der Waals surface area (Å²) < 4.78 is 98.6. The van der Waals surface area contributed by atoms with Gasteiger partial charge in [-0.2, -0.15) is 30.7 Å². The number of anilines is 1. The first-order chi connectivity index (χ1) is 18.2. The summed E-state index contributed by atoms with van der Waals surface area (Å²) in [6, 6.07) is 5.91. The van der Waals surface area contributed by atoms with E-state index in [9.17, 15) is 35.5 Å². The van der Waals surface area contributed by atoms with Gasteiger partial charge in [0.2, 0.25) is 5.88 Å². The lowest BCUT2D eigenvalue weighted by molar-refractivity contribution is -0.236. The van der Waals surface area contributed by atoms with Crippen LogP contribution >= 0.6 is 0 Å². The summed E-state index contributed by atoms with van der Waals surface area (Å²) in [6.07, 6.45) is -2.57. The molecule has 212 valence electrons. The van der Waals surface area contributed by atoms with Gasteiger partial charge in [0.15, 0.2) is 12.3 Å². The number of aryl methyl sites for hydroxylation is 1. The predicted molar refractivity (Wildman–Crippen MR) is 125 cm³/mol. The quantitative estimate of drug-likeness (QED) is 0.295. The number of carbonyl (C=O) groups is 1. The topological polar surface area (TPSA) is 101 Å². The Hall–Kier alpha value is -3.62. The number of aliphatic hydroxyl groups excluding tert-OH is 1. The Balaban J connectivity index is 1.68. The first-order valence-corrected chi connectivity index (χ1v) is 11.8. The molecule has 1 aliphatic carbocycles. The van der Waals surface area contributed by atoms with Gasteiger partial charge in [-0.05, 0) is 37.5 Å². The van der Waals surface area contributed by atoms with Crippen molar-refractivity contribution in [1.82, 2.24) is 19.9 Å². The van der Waals surface area contributed by atoms with E-state index >= 15 is 0 Å². The van der Waals surface area contributed by atoms with Crippen molar-refractivity contribution in [2.24, 2.45) is 0 Å². The average molecular weight is 563 g/mol. The molecule has 1 amide bonds. The van der Waals surface area contributed by atoms with Gasteiger partial charge < -0.3 is 20.5 Å². The molecule has 39 heavy (non-hydrogen) atoms. The molecule has 15 heteroatoms. The number of alkyl halides is 7. The number of imidazole rings is 1. The van der Waals surface area contributed by atoms with Crippen molar-refractivity contribution in [3.05, 3.63) is 41.6 Å². The third kappa shape index (κ3) is 6.52. The Morgan fingerprint density at radius 3 is 2.46 bits per heavy atom. The van der Waals surface area contributed by atoms with Crippen LogP contribution in [-0.4, -0.2) is 69.4 Å². The Bertz CT molecular complexity index is 1360. The molecule has 1 aromatic carbocycles. The molecular weight excluding hydrogens is 539 g/mol. The van der Waals surface area contributed by atoms with Crippen LogP contribution in [0.2, 0.25) is 0 Å². The molecule has 4 rings (SSSR count). The molecule has 1 aliphatic rings. The number of halogens is 7. The van der Waals surface area contributed by atoms with Gasteiger partial charge in [-0.1, -0.05) is 6.07 Å². The van der Waals surface area contributed by atoms with Crippen LogP contribution in [0.4, 0.5) is 36.4 Å². The first-order valence-electron chi connectivity index (χ1n) is 11.8. The van der Waals surface area contributed by atoms with Crippen LogP contribution in [0.1, 0.15) is 35.2 Å². The Morgan fingerprint density at radius 2 is 1.85 bits per heavy atom. The number of hydrogen-bond acceptors (Lipinski definition) is 6. The number of fused-ring (bicyclic) bond motifs is 1. The zero-order chi connectivity index (χ0) is 28.6. The van der Waals surface area contributed by atoms with Gasteiger partial charge in [0.05, 0.1) is 24.0 Å². The minimum absolute atomic E-state index is 0.0141. The molecule has 1 saturated carbocycles. The first kappa shape index (κ1) is 28.4. The molecule has 0 aliphatic heterocycles. The van der Waals surface area contributed by atoms with Crippen molar-refractivity contribution in [3.8, 4) is 17.1 Å². The lowest BCUT2D eigenvalue weighted by Gasteiger charge is -2.24. The average Bonchev–Trinajstić information content (AvgIpc) is 3.56. The summed E-state index contributed by atoms with van der Waals surface area (Å²) in [5.74, 6) is -10.4. The van der Waals surface area contributed by atoms with Crippen LogP contribution in [0.5, 0.6) is 5.88 Å². The monoisotopic (exact) mass is 563 g/mol. The van der Waals surface area contributed by atoms with E-state index in [0.717, 1.165) is 23.4 Å². The summed E-state index contributed by atoms with van der Waals surface area (Å²) in [4.78, 5) is 16.6. The van der Waals surface area contributed by atoms with E-state index in [0.29, 0.717) is 16.7 Å². The fourth-order valence-electron chi connectivity index (χ4n) is 3.64. The van der Waals surface area contributed by atoms with E-state index in [1.165, 1.54) is 6.20 Å². The Labute approximate surface area is 217 Å². The molecule has 0 radical (unpaired) electrons. The van der Waals surface area contributed by atoms with E-state index in [1.54, 1.807) is 25.1 Å². The van der Waals surface area contributed by atoms with Gasteiger partial charge in [0, 0.05) is 29.8 Å². The summed E-state index contributed by atoms with van der Waals surface area (Å²) in [6.45, 7) is -2.90. The molecule has 2 aromatic heterocycles. The maximum atomic E-state index is 13.9. The Morgan fingerprint density at radius 1 is 1.13 bits per heavy atom. The van der Waals surface area contributed by atoms with E-state index < -0.39 is 50.1 Å².